The molecule has 16 heavy (non-hydrogen) atoms. The summed E-state index contributed by atoms with van der Waals surface area (Å²) in [5, 5.41) is 8.56. The van der Waals surface area contributed by atoms with E-state index in [1.165, 1.54) is 6.07 Å². The minimum absolute atomic E-state index is 0.229. The Kier molecular flexibility index (Phi) is 5.72. The van der Waals surface area contributed by atoms with Crippen LogP contribution in [0.2, 0.25) is 0 Å². The summed E-state index contributed by atoms with van der Waals surface area (Å²) in [6.07, 6.45) is 7.41. The molecule has 0 saturated carbocycles. The largest absolute Gasteiger partial charge is 0.396 e. The lowest BCUT2D eigenvalue weighted by Gasteiger charge is -1.96. The maximum atomic E-state index is 12.8. The van der Waals surface area contributed by atoms with Gasteiger partial charge in [-0.25, -0.2) is 8.78 Å². The molecule has 0 bridgehead atoms. The van der Waals surface area contributed by atoms with E-state index in [1.807, 2.05) is 6.08 Å². The van der Waals surface area contributed by atoms with Crippen molar-refractivity contribution in [3.05, 3.63) is 41.5 Å². The van der Waals surface area contributed by atoms with Gasteiger partial charge in [-0.3, -0.25) is 0 Å². The van der Waals surface area contributed by atoms with E-state index in [9.17, 15) is 8.78 Å². The molecule has 0 aliphatic rings. The first-order valence-corrected chi connectivity index (χ1v) is 5.46. The first kappa shape index (κ1) is 12.8. The highest BCUT2D eigenvalue weighted by molar-refractivity contribution is 5.48. The van der Waals surface area contributed by atoms with Crippen LogP contribution in [-0.4, -0.2) is 11.7 Å². The molecule has 0 unspecified atom stereocenters. The topological polar surface area (TPSA) is 20.2 Å². The first-order chi connectivity index (χ1) is 7.74. The van der Waals surface area contributed by atoms with Crippen molar-refractivity contribution in [3.8, 4) is 0 Å². The van der Waals surface area contributed by atoms with Crippen molar-refractivity contribution in [2.45, 2.75) is 25.7 Å². The van der Waals surface area contributed by atoms with Crippen LogP contribution in [0.25, 0.3) is 6.08 Å². The Hall–Kier alpha value is -1.22. The summed E-state index contributed by atoms with van der Waals surface area (Å²) in [6, 6.07) is 3.85. The molecule has 1 N–H and O–H groups in total. The summed E-state index contributed by atoms with van der Waals surface area (Å²) in [5.74, 6) is -1.64. The number of aliphatic hydroxyl groups is 1. The highest BCUT2D eigenvalue weighted by Crippen LogP contribution is 2.11. The predicted octanol–water partition coefficient (Wildman–Crippen LogP) is 3.53. The van der Waals surface area contributed by atoms with Gasteiger partial charge in [0.15, 0.2) is 11.6 Å². The van der Waals surface area contributed by atoms with Crippen LogP contribution in [0, 0.1) is 11.6 Å². The Labute approximate surface area is 94.4 Å². The zero-order valence-electron chi connectivity index (χ0n) is 9.13. The van der Waals surface area contributed by atoms with Gasteiger partial charge in [-0.2, -0.15) is 0 Å². The lowest BCUT2D eigenvalue weighted by molar-refractivity contribution is 0.283. The second-order valence-electron chi connectivity index (χ2n) is 3.65. The van der Waals surface area contributed by atoms with E-state index in [1.54, 1.807) is 12.1 Å². The third-order valence-corrected chi connectivity index (χ3v) is 2.28. The Balaban J connectivity index is 2.35. The van der Waals surface area contributed by atoms with Crippen molar-refractivity contribution >= 4 is 6.08 Å². The minimum atomic E-state index is -0.819. The number of allylic oxidation sites excluding steroid dienone is 1. The fraction of sp³-hybridized carbons (Fsp3) is 0.385. The van der Waals surface area contributed by atoms with E-state index in [-0.39, 0.29) is 6.61 Å². The second kappa shape index (κ2) is 7.12. The number of hydrogen-bond donors (Lipinski definition) is 1. The molecule has 0 aliphatic heterocycles. The quantitative estimate of drug-likeness (QED) is 0.736. The van der Waals surface area contributed by atoms with E-state index in [0.29, 0.717) is 5.56 Å². The van der Waals surface area contributed by atoms with Crippen molar-refractivity contribution in [2.24, 2.45) is 0 Å². The molecule has 0 amide bonds. The van der Waals surface area contributed by atoms with E-state index in [2.05, 4.69) is 0 Å². The third kappa shape index (κ3) is 4.53. The lowest BCUT2D eigenvalue weighted by Crippen LogP contribution is -1.84. The summed E-state index contributed by atoms with van der Waals surface area (Å²) >= 11 is 0. The number of hydrogen-bond acceptors (Lipinski definition) is 1. The van der Waals surface area contributed by atoms with Crippen LogP contribution in [0.15, 0.2) is 24.3 Å². The zero-order chi connectivity index (χ0) is 11.8. The van der Waals surface area contributed by atoms with E-state index < -0.39 is 11.6 Å². The molecule has 1 nitrogen and oxygen atoms in total. The standard InChI is InChI=1S/C13H16F2O/c14-12-8-7-11(10-13(12)15)6-4-2-1-3-5-9-16/h4,6-8,10,16H,1-3,5,9H2. The van der Waals surface area contributed by atoms with E-state index in [0.717, 1.165) is 31.7 Å². The average molecular weight is 226 g/mol. The Bertz CT molecular complexity index is 348. The monoisotopic (exact) mass is 226 g/mol. The normalized spacial score (nSPS) is 11.2. The number of aliphatic hydroxyl groups excluding tert-OH is 1. The molecule has 1 aromatic rings. The minimum Gasteiger partial charge on any atom is -0.396 e. The Morgan fingerprint density at radius 2 is 1.88 bits per heavy atom. The van der Waals surface area contributed by atoms with Crippen LogP contribution in [0.1, 0.15) is 31.2 Å². The summed E-state index contributed by atoms with van der Waals surface area (Å²) in [6.45, 7) is 0.229. The highest BCUT2D eigenvalue weighted by Gasteiger charge is 1.99. The highest BCUT2D eigenvalue weighted by atomic mass is 19.2. The number of halogens is 2. The molecular weight excluding hydrogens is 210 g/mol. The molecule has 0 heterocycles. The molecule has 0 saturated heterocycles. The van der Waals surface area contributed by atoms with Crippen LogP contribution in [-0.2, 0) is 0 Å². The molecule has 0 fully saturated rings. The molecule has 0 aliphatic carbocycles. The summed E-state index contributed by atoms with van der Waals surface area (Å²) in [4.78, 5) is 0. The smallest absolute Gasteiger partial charge is 0.159 e. The maximum Gasteiger partial charge on any atom is 0.159 e. The summed E-state index contributed by atoms with van der Waals surface area (Å²) in [7, 11) is 0. The van der Waals surface area contributed by atoms with Crippen LogP contribution in [0.5, 0.6) is 0 Å². The second-order valence-corrected chi connectivity index (χ2v) is 3.65. The third-order valence-electron chi connectivity index (χ3n) is 2.28. The number of benzene rings is 1. The Morgan fingerprint density at radius 1 is 1.06 bits per heavy atom. The van der Waals surface area contributed by atoms with Gasteiger partial charge in [-0.15, -0.1) is 0 Å². The SMILES string of the molecule is OCCCCCC=Cc1ccc(F)c(F)c1. The Morgan fingerprint density at radius 3 is 2.56 bits per heavy atom. The van der Waals surface area contributed by atoms with Crippen molar-refractivity contribution in [3.63, 3.8) is 0 Å². The van der Waals surface area contributed by atoms with Crippen LogP contribution < -0.4 is 0 Å². The van der Waals surface area contributed by atoms with E-state index >= 15 is 0 Å². The summed E-state index contributed by atoms with van der Waals surface area (Å²) in [5.41, 5.74) is 0.668. The van der Waals surface area contributed by atoms with Gasteiger partial charge in [-0.05, 0) is 37.0 Å². The van der Waals surface area contributed by atoms with Crippen LogP contribution >= 0.6 is 0 Å². The fourth-order valence-corrected chi connectivity index (χ4v) is 1.39. The van der Waals surface area contributed by atoms with Crippen molar-refractivity contribution in [1.82, 2.24) is 0 Å². The average Bonchev–Trinajstić information content (AvgIpc) is 2.28. The molecule has 1 rings (SSSR count). The van der Waals surface area contributed by atoms with Crippen LogP contribution in [0.4, 0.5) is 8.78 Å². The zero-order valence-corrected chi connectivity index (χ0v) is 9.13. The van der Waals surface area contributed by atoms with Gasteiger partial charge in [0.1, 0.15) is 0 Å². The van der Waals surface area contributed by atoms with Gasteiger partial charge in [0.2, 0.25) is 0 Å². The molecular formula is C13H16F2O. The van der Waals surface area contributed by atoms with Crippen molar-refractivity contribution in [2.75, 3.05) is 6.61 Å². The van der Waals surface area contributed by atoms with Gasteiger partial charge in [0, 0.05) is 6.61 Å². The fourth-order valence-electron chi connectivity index (χ4n) is 1.39. The van der Waals surface area contributed by atoms with Crippen LogP contribution in [0.3, 0.4) is 0 Å². The first-order valence-electron chi connectivity index (χ1n) is 5.46. The van der Waals surface area contributed by atoms with Gasteiger partial charge in [-0.1, -0.05) is 24.6 Å². The van der Waals surface area contributed by atoms with Gasteiger partial charge in [0.05, 0.1) is 0 Å². The van der Waals surface area contributed by atoms with Gasteiger partial charge >= 0.3 is 0 Å². The van der Waals surface area contributed by atoms with Crippen molar-refractivity contribution in [1.29, 1.82) is 0 Å². The number of rotatable bonds is 6. The number of unbranched alkanes of at least 4 members (excludes halogenated alkanes) is 3. The molecule has 0 aromatic heterocycles. The van der Waals surface area contributed by atoms with E-state index in [4.69, 9.17) is 5.11 Å². The molecule has 0 radical (unpaired) electrons. The lowest BCUT2D eigenvalue weighted by atomic mass is 10.1. The maximum absolute atomic E-state index is 12.8. The van der Waals surface area contributed by atoms with Gasteiger partial charge < -0.3 is 5.11 Å². The molecule has 3 heteroatoms. The summed E-state index contributed by atoms with van der Waals surface area (Å²) < 4.78 is 25.4. The molecule has 88 valence electrons. The molecule has 1 aromatic carbocycles. The van der Waals surface area contributed by atoms with Crippen molar-refractivity contribution < 1.29 is 13.9 Å². The predicted molar refractivity (Wildman–Crippen MR) is 60.9 cm³/mol. The molecule has 0 atom stereocenters. The van der Waals surface area contributed by atoms with Gasteiger partial charge in [0.25, 0.3) is 0 Å². The molecule has 0 spiro atoms.